The Hall–Kier alpha value is -0.180. The van der Waals surface area contributed by atoms with E-state index in [9.17, 15) is 0 Å². The first-order chi connectivity index (χ1) is 8.92. The highest BCUT2D eigenvalue weighted by Gasteiger charge is 2.11. The van der Waals surface area contributed by atoms with Gasteiger partial charge in [-0.3, -0.25) is 0 Å². The standard InChI is InChI=1S/C16H26ClNS/c1-5-6-7-10-19-15-11-14(17)9-8-13(15)12-18-16(2,3)4/h8-9,11,18H,5-7,10,12H2,1-4H3. The summed E-state index contributed by atoms with van der Waals surface area (Å²) in [5, 5.41) is 4.37. The number of unbranched alkanes of at least 4 members (excludes halogenated alkanes) is 2. The van der Waals surface area contributed by atoms with Crippen LogP contribution in [0.5, 0.6) is 0 Å². The van der Waals surface area contributed by atoms with Crippen LogP contribution in [0.1, 0.15) is 52.5 Å². The normalized spacial score (nSPS) is 11.8. The van der Waals surface area contributed by atoms with Gasteiger partial charge in [-0.25, -0.2) is 0 Å². The molecule has 0 spiro atoms. The van der Waals surface area contributed by atoms with Crippen LogP contribution in [-0.2, 0) is 6.54 Å². The quantitative estimate of drug-likeness (QED) is 0.526. The van der Waals surface area contributed by atoms with E-state index < -0.39 is 0 Å². The van der Waals surface area contributed by atoms with Gasteiger partial charge in [-0.1, -0.05) is 37.4 Å². The van der Waals surface area contributed by atoms with Crippen molar-refractivity contribution in [1.82, 2.24) is 5.32 Å². The summed E-state index contributed by atoms with van der Waals surface area (Å²) < 4.78 is 0. The Morgan fingerprint density at radius 1 is 1.21 bits per heavy atom. The molecule has 0 unspecified atom stereocenters. The molecule has 1 aromatic rings. The number of rotatable bonds is 7. The SMILES string of the molecule is CCCCCSc1cc(Cl)ccc1CNC(C)(C)C. The van der Waals surface area contributed by atoms with E-state index in [-0.39, 0.29) is 5.54 Å². The van der Waals surface area contributed by atoms with Gasteiger partial charge in [0.1, 0.15) is 0 Å². The zero-order valence-corrected chi connectivity index (χ0v) is 14.1. The molecule has 0 fully saturated rings. The van der Waals surface area contributed by atoms with Gasteiger partial charge in [0.15, 0.2) is 0 Å². The molecule has 1 N–H and O–H groups in total. The third kappa shape index (κ3) is 7.24. The lowest BCUT2D eigenvalue weighted by Gasteiger charge is -2.21. The van der Waals surface area contributed by atoms with Gasteiger partial charge in [0.2, 0.25) is 0 Å². The number of nitrogens with one attached hydrogen (secondary N) is 1. The number of thioether (sulfide) groups is 1. The Bertz CT molecular complexity index is 385. The van der Waals surface area contributed by atoms with Gasteiger partial charge in [0, 0.05) is 22.0 Å². The minimum absolute atomic E-state index is 0.143. The van der Waals surface area contributed by atoms with Crippen LogP contribution >= 0.6 is 23.4 Å². The minimum Gasteiger partial charge on any atom is -0.308 e. The molecule has 0 radical (unpaired) electrons. The summed E-state index contributed by atoms with van der Waals surface area (Å²) in [6.45, 7) is 9.71. The lowest BCUT2D eigenvalue weighted by atomic mass is 10.1. The monoisotopic (exact) mass is 299 g/mol. The van der Waals surface area contributed by atoms with Crippen LogP contribution in [-0.4, -0.2) is 11.3 Å². The lowest BCUT2D eigenvalue weighted by molar-refractivity contribution is 0.422. The molecule has 0 amide bonds. The molecule has 1 aromatic carbocycles. The van der Waals surface area contributed by atoms with Crippen LogP contribution in [0.15, 0.2) is 23.1 Å². The van der Waals surface area contributed by atoms with E-state index in [1.54, 1.807) is 0 Å². The van der Waals surface area contributed by atoms with Crippen molar-refractivity contribution in [2.24, 2.45) is 0 Å². The molecule has 3 heteroatoms. The summed E-state index contributed by atoms with van der Waals surface area (Å²) in [4.78, 5) is 1.32. The number of benzene rings is 1. The predicted octanol–water partition coefficient (Wildman–Crippen LogP) is 5.51. The first-order valence-electron chi connectivity index (χ1n) is 7.08. The maximum atomic E-state index is 6.11. The molecule has 1 rings (SSSR count). The molecule has 0 atom stereocenters. The fraction of sp³-hybridized carbons (Fsp3) is 0.625. The van der Waals surface area contributed by atoms with Gasteiger partial charge < -0.3 is 5.32 Å². The fourth-order valence-electron chi connectivity index (χ4n) is 1.70. The first-order valence-corrected chi connectivity index (χ1v) is 8.45. The van der Waals surface area contributed by atoms with Gasteiger partial charge in [0.25, 0.3) is 0 Å². The molecular weight excluding hydrogens is 274 g/mol. The smallest absolute Gasteiger partial charge is 0.0417 e. The zero-order chi connectivity index (χ0) is 14.3. The topological polar surface area (TPSA) is 12.0 Å². The lowest BCUT2D eigenvalue weighted by Crippen LogP contribution is -2.35. The van der Waals surface area contributed by atoms with E-state index in [0.29, 0.717) is 0 Å². The summed E-state index contributed by atoms with van der Waals surface area (Å²) in [5.74, 6) is 1.18. The zero-order valence-electron chi connectivity index (χ0n) is 12.6. The van der Waals surface area contributed by atoms with E-state index in [4.69, 9.17) is 11.6 Å². The highest BCUT2D eigenvalue weighted by Crippen LogP contribution is 2.27. The molecule has 1 nitrogen and oxygen atoms in total. The molecule has 0 heterocycles. The Balaban J connectivity index is 2.63. The first kappa shape index (κ1) is 16.9. The predicted molar refractivity (Wildman–Crippen MR) is 88.3 cm³/mol. The second-order valence-corrected chi connectivity index (χ2v) is 7.48. The largest absolute Gasteiger partial charge is 0.308 e. The molecule has 108 valence electrons. The van der Waals surface area contributed by atoms with Gasteiger partial charge in [-0.05, 0) is 50.6 Å². The highest BCUT2D eigenvalue weighted by molar-refractivity contribution is 7.99. The van der Waals surface area contributed by atoms with Crippen LogP contribution in [0.4, 0.5) is 0 Å². The van der Waals surface area contributed by atoms with Crippen molar-refractivity contribution in [3.8, 4) is 0 Å². The van der Waals surface area contributed by atoms with Gasteiger partial charge >= 0.3 is 0 Å². The summed E-state index contributed by atoms with van der Waals surface area (Å²) in [7, 11) is 0. The van der Waals surface area contributed by atoms with E-state index >= 15 is 0 Å². The highest BCUT2D eigenvalue weighted by atomic mass is 35.5. The summed E-state index contributed by atoms with van der Waals surface area (Å²) in [5.41, 5.74) is 1.49. The number of halogens is 1. The number of hydrogen-bond donors (Lipinski definition) is 1. The van der Waals surface area contributed by atoms with Crippen LogP contribution in [0.2, 0.25) is 5.02 Å². The average molecular weight is 300 g/mol. The third-order valence-corrected chi connectivity index (χ3v) is 4.26. The molecule has 0 bridgehead atoms. The third-order valence-electron chi connectivity index (χ3n) is 2.84. The van der Waals surface area contributed by atoms with Gasteiger partial charge in [-0.15, -0.1) is 11.8 Å². The van der Waals surface area contributed by atoms with Crippen molar-refractivity contribution in [2.45, 2.75) is 63.9 Å². The molecule has 0 aliphatic rings. The summed E-state index contributed by atoms with van der Waals surface area (Å²) in [6, 6.07) is 6.22. The summed E-state index contributed by atoms with van der Waals surface area (Å²) in [6.07, 6.45) is 3.86. The minimum atomic E-state index is 0.143. The average Bonchev–Trinajstić information content (AvgIpc) is 2.32. The van der Waals surface area contributed by atoms with Crippen LogP contribution in [0, 0.1) is 0 Å². The second-order valence-electron chi connectivity index (χ2n) is 5.91. The maximum absolute atomic E-state index is 6.11. The van der Waals surface area contributed by atoms with Crippen molar-refractivity contribution in [2.75, 3.05) is 5.75 Å². The van der Waals surface area contributed by atoms with Crippen LogP contribution in [0.3, 0.4) is 0 Å². The van der Waals surface area contributed by atoms with Crippen molar-refractivity contribution >= 4 is 23.4 Å². The molecule has 0 saturated heterocycles. The molecule has 19 heavy (non-hydrogen) atoms. The Morgan fingerprint density at radius 3 is 2.58 bits per heavy atom. The van der Waals surface area contributed by atoms with Crippen LogP contribution in [0.25, 0.3) is 0 Å². The van der Waals surface area contributed by atoms with Crippen molar-refractivity contribution in [3.63, 3.8) is 0 Å². The number of hydrogen-bond acceptors (Lipinski definition) is 2. The Morgan fingerprint density at radius 2 is 1.95 bits per heavy atom. The van der Waals surface area contributed by atoms with Gasteiger partial charge in [-0.2, -0.15) is 0 Å². The van der Waals surface area contributed by atoms with Crippen molar-refractivity contribution in [3.05, 3.63) is 28.8 Å². The Kier molecular flexibility index (Phi) is 7.27. The van der Waals surface area contributed by atoms with E-state index in [1.807, 2.05) is 17.8 Å². The Labute approximate surface area is 127 Å². The van der Waals surface area contributed by atoms with Gasteiger partial charge in [0.05, 0.1) is 0 Å². The van der Waals surface area contributed by atoms with Crippen LogP contribution < -0.4 is 5.32 Å². The molecule has 0 aliphatic carbocycles. The molecule has 0 saturated carbocycles. The van der Waals surface area contributed by atoms with Crippen molar-refractivity contribution in [1.29, 1.82) is 0 Å². The fourth-order valence-corrected chi connectivity index (χ4v) is 3.04. The van der Waals surface area contributed by atoms with E-state index in [0.717, 1.165) is 11.6 Å². The maximum Gasteiger partial charge on any atom is 0.0417 e. The van der Waals surface area contributed by atoms with E-state index in [2.05, 4.69) is 45.1 Å². The second kappa shape index (κ2) is 8.18. The van der Waals surface area contributed by atoms with Crippen molar-refractivity contribution < 1.29 is 0 Å². The van der Waals surface area contributed by atoms with E-state index in [1.165, 1.54) is 35.5 Å². The molecule has 0 aromatic heterocycles. The molecule has 0 aliphatic heterocycles. The molecular formula is C16H26ClNS. The summed E-state index contributed by atoms with van der Waals surface area (Å²) >= 11 is 8.04.